The third kappa shape index (κ3) is 4.36. The topological polar surface area (TPSA) is 49.3 Å². The van der Waals surface area contributed by atoms with Gasteiger partial charge in [-0.2, -0.15) is 5.10 Å². The van der Waals surface area contributed by atoms with Crippen LogP contribution >= 0.6 is 12.2 Å². The van der Waals surface area contributed by atoms with Gasteiger partial charge in [0.15, 0.2) is 5.11 Å². The second-order valence-electron chi connectivity index (χ2n) is 4.80. The molecule has 21 heavy (non-hydrogen) atoms. The Bertz CT molecular complexity index is 665. The normalized spacial score (nSPS) is 11.1. The van der Waals surface area contributed by atoms with Crippen molar-refractivity contribution in [3.05, 3.63) is 59.4 Å². The molecule has 0 saturated heterocycles. The first-order valence-corrected chi connectivity index (χ1v) is 7.07. The number of benzene rings is 1. The number of nitrogens with zero attached hydrogens (tertiary/aromatic N) is 2. The minimum Gasteiger partial charge on any atom is -0.331 e. The number of hydrogen-bond acceptors (Lipinski definition) is 3. The maximum absolute atomic E-state index is 5.25. The molecular formula is C16H18N4S. The summed E-state index contributed by atoms with van der Waals surface area (Å²) >= 11 is 5.25. The van der Waals surface area contributed by atoms with Crippen LogP contribution in [0.15, 0.2) is 47.7 Å². The number of hydrazone groups is 1. The van der Waals surface area contributed by atoms with Crippen LogP contribution in [0.4, 0.5) is 5.69 Å². The molecule has 0 spiro atoms. The average molecular weight is 298 g/mol. The maximum atomic E-state index is 5.25. The van der Waals surface area contributed by atoms with Gasteiger partial charge in [0, 0.05) is 11.9 Å². The smallest absolute Gasteiger partial charge is 0.191 e. The molecule has 0 bridgehead atoms. The van der Waals surface area contributed by atoms with Gasteiger partial charge in [-0.05, 0) is 56.8 Å². The van der Waals surface area contributed by atoms with E-state index in [0.717, 1.165) is 22.7 Å². The standard InChI is InChI=1S/C16H18N4S/c1-11-7-8-14(12(2)10-11)18-16(21)20-19-13(3)15-6-4-5-9-17-15/h4-10H,1-3H3,(H2,18,20,21). The lowest BCUT2D eigenvalue weighted by Crippen LogP contribution is -2.25. The summed E-state index contributed by atoms with van der Waals surface area (Å²) in [6, 6.07) is 11.9. The van der Waals surface area contributed by atoms with Crippen molar-refractivity contribution >= 4 is 28.7 Å². The average Bonchev–Trinajstić information content (AvgIpc) is 2.48. The Morgan fingerprint density at radius 1 is 1.19 bits per heavy atom. The van der Waals surface area contributed by atoms with Crippen LogP contribution in [0, 0.1) is 13.8 Å². The molecule has 4 nitrogen and oxygen atoms in total. The number of aromatic nitrogens is 1. The summed E-state index contributed by atoms with van der Waals surface area (Å²) in [6.07, 6.45) is 1.74. The molecule has 2 aromatic rings. The zero-order valence-electron chi connectivity index (χ0n) is 12.3. The number of thiocarbonyl (C=S) groups is 1. The molecule has 0 radical (unpaired) electrons. The Hall–Kier alpha value is -2.27. The first kappa shape index (κ1) is 15.1. The van der Waals surface area contributed by atoms with E-state index >= 15 is 0 Å². The quantitative estimate of drug-likeness (QED) is 0.518. The van der Waals surface area contributed by atoms with Crippen LogP contribution in [0.3, 0.4) is 0 Å². The highest BCUT2D eigenvalue weighted by molar-refractivity contribution is 7.80. The second kappa shape index (κ2) is 6.95. The van der Waals surface area contributed by atoms with Gasteiger partial charge in [-0.15, -0.1) is 0 Å². The number of nitrogens with one attached hydrogen (secondary N) is 2. The van der Waals surface area contributed by atoms with Gasteiger partial charge in [-0.3, -0.25) is 10.4 Å². The van der Waals surface area contributed by atoms with E-state index in [2.05, 4.69) is 33.8 Å². The molecule has 0 saturated carbocycles. The molecule has 1 heterocycles. The van der Waals surface area contributed by atoms with Gasteiger partial charge < -0.3 is 5.32 Å². The van der Waals surface area contributed by atoms with E-state index in [9.17, 15) is 0 Å². The summed E-state index contributed by atoms with van der Waals surface area (Å²) in [7, 11) is 0. The summed E-state index contributed by atoms with van der Waals surface area (Å²) in [5.41, 5.74) is 7.78. The predicted molar refractivity (Wildman–Crippen MR) is 91.7 cm³/mol. The Morgan fingerprint density at radius 2 is 2.00 bits per heavy atom. The van der Waals surface area contributed by atoms with Crippen LogP contribution in [-0.4, -0.2) is 15.8 Å². The van der Waals surface area contributed by atoms with Crippen molar-refractivity contribution in [1.82, 2.24) is 10.4 Å². The van der Waals surface area contributed by atoms with Crippen molar-refractivity contribution in [2.75, 3.05) is 5.32 Å². The lowest BCUT2D eigenvalue weighted by atomic mass is 10.1. The van der Waals surface area contributed by atoms with Crippen LogP contribution in [-0.2, 0) is 0 Å². The lowest BCUT2D eigenvalue weighted by Gasteiger charge is -2.11. The van der Waals surface area contributed by atoms with Gasteiger partial charge in [0.25, 0.3) is 0 Å². The maximum Gasteiger partial charge on any atom is 0.191 e. The molecule has 108 valence electrons. The summed E-state index contributed by atoms with van der Waals surface area (Å²) < 4.78 is 0. The van der Waals surface area contributed by atoms with E-state index in [0.29, 0.717) is 5.11 Å². The molecule has 1 aromatic carbocycles. The molecule has 5 heteroatoms. The Kier molecular flexibility index (Phi) is 5.00. The van der Waals surface area contributed by atoms with Gasteiger partial charge in [-0.25, -0.2) is 0 Å². The zero-order valence-corrected chi connectivity index (χ0v) is 13.2. The largest absolute Gasteiger partial charge is 0.331 e. The van der Waals surface area contributed by atoms with E-state index in [1.807, 2.05) is 44.2 Å². The van der Waals surface area contributed by atoms with E-state index in [1.165, 1.54) is 5.56 Å². The van der Waals surface area contributed by atoms with Crippen molar-refractivity contribution in [1.29, 1.82) is 0 Å². The van der Waals surface area contributed by atoms with Gasteiger partial charge in [-0.1, -0.05) is 23.8 Å². The first-order chi connectivity index (χ1) is 10.1. The fourth-order valence-electron chi connectivity index (χ4n) is 1.87. The molecule has 2 rings (SSSR count). The third-order valence-electron chi connectivity index (χ3n) is 2.99. The molecule has 0 fully saturated rings. The molecule has 0 aliphatic carbocycles. The SMILES string of the molecule is CC(=NNC(=S)Nc1ccc(C)cc1C)c1ccccn1. The van der Waals surface area contributed by atoms with Crippen molar-refractivity contribution < 1.29 is 0 Å². The van der Waals surface area contributed by atoms with Crippen LogP contribution in [0.25, 0.3) is 0 Å². The van der Waals surface area contributed by atoms with Crippen molar-refractivity contribution in [3.63, 3.8) is 0 Å². The van der Waals surface area contributed by atoms with E-state index in [1.54, 1.807) is 6.20 Å². The summed E-state index contributed by atoms with van der Waals surface area (Å²) in [4.78, 5) is 4.23. The Labute approximate surface area is 130 Å². The third-order valence-corrected chi connectivity index (χ3v) is 3.18. The fourth-order valence-corrected chi connectivity index (χ4v) is 2.03. The van der Waals surface area contributed by atoms with Gasteiger partial charge in [0.05, 0.1) is 11.4 Å². The predicted octanol–water partition coefficient (Wildman–Crippen LogP) is 3.41. The Balaban J connectivity index is 1.99. The molecule has 1 aromatic heterocycles. The van der Waals surface area contributed by atoms with Crippen molar-refractivity contribution in [2.45, 2.75) is 20.8 Å². The zero-order chi connectivity index (χ0) is 15.2. The van der Waals surface area contributed by atoms with Crippen molar-refractivity contribution in [3.8, 4) is 0 Å². The monoisotopic (exact) mass is 298 g/mol. The fraction of sp³-hybridized carbons (Fsp3) is 0.188. The van der Waals surface area contributed by atoms with E-state index in [-0.39, 0.29) is 0 Å². The molecule has 0 atom stereocenters. The number of hydrogen-bond donors (Lipinski definition) is 2. The molecular weight excluding hydrogens is 280 g/mol. The highest BCUT2D eigenvalue weighted by Crippen LogP contribution is 2.15. The summed E-state index contributed by atoms with van der Waals surface area (Å²) in [5, 5.41) is 7.83. The highest BCUT2D eigenvalue weighted by Gasteiger charge is 2.02. The number of aryl methyl sites for hydroxylation is 2. The summed E-state index contributed by atoms with van der Waals surface area (Å²) in [5.74, 6) is 0. The Morgan fingerprint density at radius 3 is 2.67 bits per heavy atom. The van der Waals surface area contributed by atoms with Crippen LogP contribution < -0.4 is 10.7 Å². The molecule has 0 amide bonds. The molecule has 0 aliphatic heterocycles. The van der Waals surface area contributed by atoms with Gasteiger partial charge in [0.1, 0.15) is 0 Å². The van der Waals surface area contributed by atoms with Gasteiger partial charge >= 0.3 is 0 Å². The number of pyridine rings is 1. The minimum absolute atomic E-state index is 0.456. The second-order valence-corrected chi connectivity index (χ2v) is 5.20. The first-order valence-electron chi connectivity index (χ1n) is 6.66. The highest BCUT2D eigenvalue weighted by atomic mass is 32.1. The van der Waals surface area contributed by atoms with E-state index < -0.39 is 0 Å². The van der Waals surface area contributed by atoms with Crippen molar-refractivity contribution in [2.24, 2.45) is 5.10 Å². The van der Waals surface area contributed by atoms with E-state index in [4.69, 9.17) is 12.2 Å². The van der Waals surface area contributed by atoms with Gasteiger partial charge in [0.2, 0.25) is 0 Å². The van der Waals surface area contributed by atoms with Crippen LogP contribution in [0.5, 0.6) is 0 Å². The number of rotatable bonds is 3. The number of anilines is 1. The molecule has 0 aliphatic rings. The minimum atomic E-state index is 0.456. The lowest BCUT2D eigenvalue weighted by molar-refractivity contribution is 1.03. The van der Waals surface area contributed by atoms with Crippen LogP contribution in [0.1, 0.15) is 23.7 Å². The summed E-state index contributed by atoms with van der Waals surface area (Å²) in [6.45, 7) is 5.99. The molecule has 2 N–H and O–H groups in total. The van der Waals surface area contributed by atoms with Crippen LogP contribution in [0.2, 0.25) is 0 Å². The molecule has 0 unspecified atom stereocenters.